The van der Waals surface area contributed by atoms with Crippen molar-refractivity contribution in [2.45, 2.75) is 10.1 Å². The van der Waals surface area contributed by atoms with Gasteiger partial charge in [0.1, 0.15) is 21.7 Å². The van der Waals surface area contributed by atoms with E-state index in [0.717, 1.165) is 12.1 Å². The molecule has 0 aliphatic carbocycles. The zero-order valence-electron chi connectivity index (χ0n) is 11.1. The fourth-order valence-electron chi connectivity index (χ4n) is 2.04. The molecule has 0 unspecified atom stereocenters. The molecule has 1 fully saturated rings. The van der Waals surface area contributed by atoms with Gasteiger partial charge in [0.05, 0.1) is 18.9 Å². The summed E-state index contributed by atoms with van der Waals surface area (Å²) < 4.78 is 43.3. The van der Waals surface area contributed by atoms with Crippen molar-refractivity contribution in [2.75, 3.05) is 13.2 Å². The number of hydrogen-bond acceptors (Lipinski definition) is 5. The van der Waals surface area contributed by atoms with Crippen LogP contribution < -0.4 is 0 Å². The maximum absolute atomic E-state index is 14.1. The van der Waals surface area contributed by atoms with Crippen molar-refractivity contribution in [3.63, 3.8) is 0 Å². The predicted molar refractivity (Wildman–Crippen MR) is 72.7 cm³/mol. The first-order valence-electron chi connectivity index (χ1n) is 6.30. The maximum Gasteiger partial charge on any atom is 0.353 e. The number of carboxylic acid groups (broad SMARTS) is 1. The zero-order chi connectivity index (χ0) is 15.9. The predicted octanol–water partition coefficient (Wildman–Crippen LogP) is 1.09. The monoisotopic (exact) mass is 326 g/mol. The molecule has 1 aliphatic heterocycles. The summed E-state index contributed by atoms with van der Waals surface area (Å²) in [5.41, 5.74) is 0.357. The molecule has 3 rings (SSSR count). The normalized spacial score (nSPS) is 15.5. The van der Waals surface area contributed by atoms with Crippen LogP contribution in [0.25, 0.3) is 11.3 Å². The Morgan fingerprint density at radius 1 is 1.36 bits per heavy atom. The molecule has 116 valence electrons. The second-order valence-corrected chi connectivity index (χ2v) is 7.02. The molecule has 1 aromatic carbocycles. The van der Waals surface area contributed by atoms with E-state index in [4.69, 9.17) is 9.84 Å². The molecule has 1 aliphatic rings. The number of H-pyrrole nitrogens is 1. The highest BCUT2D eigenvalue weighted by Gasteiger charge is 2.35. The summed E-state index contributed by atoms with van der Waals surface area (Å²) in [4.78, 5) is 10.4. The number of hydrogen-bond donors (Lipinski definition) is 2. The lowest BCUT2D eigenvalue weighted by Crippen LogP contribution is -2.40. The number of carbonyl (C=O) groups is 1. The molecule has 2 aromatic rings. The lowest BCUT2D eigenvalue weighted by molar-refractivity contribution is 0.0415. The van der Waals surface area contributed by atoms with Gasteiger partial charge in [-0.2, -0.15) is 5.10 Å². The summed E-state index contributed by atoms with van der Waals surface area (Å²) in [6, 6.07) is 4.81. The largest absolute Gasteiger partial charge is 0.477 e. The Balaban J connectivity index is 1.96. The molecule has 22 heavy (non-hydrogen) atoms. The van der Waals surface area contributed by atoms with E-state index in [1.807, 2.05) is 0 Å². The molecule has 0 saturated carbocycles. The summed E-state index contributed by atoms with van der Waals surface area (Å²) in [5, 5.41) is 14.1. The van der Waals surface area contributed by atoms with Gasteiger partial charge < -0.3 is 9.84 Å². The SMILES string of the molecule is O=C(O)c1cc(-c2ccc(S(=O)(=O)C3COC3)c(F)c2)n[nH]1. The molecule has 2 heterocycles. The van der Waals surface area contributed by atoms with Gasteiger partial charge in [-0.3, -0.25) is 5.10 Å². The van der Waals surface area contributed by atoms with E-state index in [-0.39, 0.29) is 30.2 Å². The van der Waals surface area contributed by atoms with Crippen molar-refractivity contribution < 1.29 is 27.4 Å². The number of halogens is 1. The molecular formula is C13H11FN2O5S. The van der Waals surface area contributed by atoms with Crippen LogP contribution in [0.2, 0.25) is 0 Å². The summed E-state index contributed by atoms with van der Waals surface area (Å²) in [7, 11) is -3.76. The van der Waals surface area contributed by atoms with E-state index in [1.54, 1.807) is 0 Å². The van der Waals surface area contributed by atoms with Gasteiger partial charge in [-0.25, -0.2) is 17.6 Å². The van der Waals surface area contributed by atoms with Crippen molar-refractivity contribution in [3.8, 4) is 11.3 Å². The average Bonchev–Trinajstić information content (AvgIpc) is 2.85. The molecule has 0 spiro atoms. The Labute approximate surface area is 124 Å². The highest BCUT2D eigenvalue weighted by Crippen LogP contribution is 2.27. The van der Waals surface area contributed by atoms with Crippen LogP contribution in [0.5, 0.6) is 0 Å². The first-order chi connectivity index (χ1) is 10.4. The minimum Gasteiger partial charge on any atom is -0.477 e. The zero-order valence-corrected chi connectivity index (χ0v) is 11.9. The minimum atomic E-state index is -3.76. The van der Waals surface area contributed by atoms with Gasteiger partial charge >= 0.3 is 5.97 Å². The second kappa shape index (κ2) is 5.18. The van der Waals surface area contributed by atoms with Crippen molar-refractivity contribution in [1.82, 2.24) is 10.2 Å². The molecule has 0 atom stereocenters. The third kappa shape index (κ3) is 2.38. The molecule has 1 aromatic heterocycles. The lowest BCUT2D eigenvalue weighted by atomic mass is 10.1. The van der Waals surface area contributed by atoms with Crippen LogP contribution in [-0.2, 0) is 14.6 Å². The molecule has 0 radical (unpaired) electrons. The molecule has 7 nitrogen and oxygen atoms in total. The number of nitrogens with one attached hydrogen (secondary N) is 1. The topological polar surface area (TPSA) is 109 Å². The number of carboxylic acids is 1. The van der Waals surface area contributed by atoms with E-state index in [1.165, 1.54) is 12.1 Å². The van der Waals surface area contributed by atoms with E-state index in [2.05, 4.69) is 10.2 Å². The van der Waals surface area contributed by atoms with Crippen LogP contribution in [0.1, 0.15) is 10.5 Å². The van der Waals surface area contributed by atoms with E-state index < -0.39 is 31.8 Å². The van der Waals surface area contributed by atoms with Crippen molar-refractivity contribution in [3.05, 3.63) is 35.8 Å². The van der Waals surface area contributed by atoms with Crippen molar-refractivity contribution in [2.24, 2.45) is 0 Å². The van der Waals surface area contributed by atoms with Crippen LogP contribution >= 0.6 is 0 Å². The van der Waals surface area contributed by atoms with Crippen LogP contribution in [0.3, 0.4) is 0 Å². The number of aromatic nitrogens is 2. The third-order valence-corrected chi connectivity index (χ3v) is 5.48. The number of aromatic amines is 1. The molecular weight excluding hydrogens is 315 g/mol. The van der Waals surface area contributed by atoms with Crippen molar-refractivity contribution >= 4 is 15.8 Å². The fourth-order valence-corrected chi connectivity index (χ4v) is 3.54. The van der Waals surface area contributed by atoms with Crippen molar-refractivity contribution in [1.29, 1.82) is 0 Å². The van der Waals surface area contributed by atoms with Crippen LogP contribution in [0, 0.1) is 5.82 Å². The Morgan fingerprint density at radius 3 is 2.59 bits per heavy atom. The van der Waals surface area contributed by atoms with Crippen LogP contribution in [0.15, 0.2) is 29.2 Å². The quantitative estimate of drug-likeness (QED) is 0.870. The number of rotatable bonds is 4. The Kier molecular flexibility index (Phi) is 3.45. The Bertz CT molecular complexity index is 842. The summed E-state index contributed by atoms with van der Waals surface area (Å²) >= 11 is 0. The maximum atomic E-state index is 14.1. The molecule has 1 saturated heterocycles. The van der Waals surface area contributed by atoms with Gasteiger partial charge in [-0.05, 0) is 18.2 Å². The molecule has 2 N–H and O–H groups in total. The number of sulfone groups is 1. The molecule has 9 heteroatoms. The first kappa shape index (κ1) is 14.7. The summed E-state index contributed by atoms with van der Waals surface area (Å²) in [5.74, 6) is -2.09. The molecule has 0 amide bonds. The van der Waals surface area contributed by atoms with Gasteiger partial charge in [0.15, 0.2) is 9.84 Å². The van der Waals surface area contributed by atoms with E-state index in [9.17, 15) is 17.6 Å². The summed E-state index contributed by atoms with van der Waals surface area (Å²) in [6.45, 7) is 0.121. The van der Waals surface area contributed by atoms with Gasteiger partial charge in [0.2, 0.25) is 0 Å². The number of benzene rings is 1. The second-order valence-electron chi connectivity index (χ2n) is 4.82. The highest BCUT2D eigenvalue weighted by molar-refractivity contribution is 7.92. The number of ether oxygens (including phenoxy) is 1. The van der Waals surface area contributed by atoms with Gasteiger partial charge in [-0.15, -0.1) is 0 Å². The van der Waals surface area contributed by atoms with E-state index >= 15 is 0 Å². The lowest BCUT2D eigenvalue weighted by Gasteiger charge is -2.25. The van der Waals surface area contributed by atoms with Gasteiger partial charge in [0.25, 0.3) is 0 Å². The first-order valence-corrected chi connectivity index (χ1v) is 7.84. The third-order valence-electron chi connectivity index (χ3n) is 3.39. The highest BCUT2D eigenvalue weighted by atomic mass is 32.2. The van der Waals surface area contributed by atoms with Gasteiger partial charge in [0, 0.05) is 5.56 Å². The van der Waals surface area contributed by atoms with E-state index in [0.29, 0.717) is 0 Å². The fraction of sp³-hybridized carbons (Fsp3) is 0.231. The number of nitrogens with zero attached hydrogens (tertiary/aromatic N) is 1. The standard InChI is InChI=1S/C13H11FN2O5S/c14-9-3-7(10-4-11(13(17)18)16-15-10)1-2-12(9)22(19,20)8-5-21-6-8/h1-4,8H,5-6H2,(H,15,16)(H,17,18). The summed E-state index contributed by atoms with van der Waals surface area (Å²) in [6.07, 6.45) is 0. The molecule has 0 bridgehead atoms. The average molecular weight is 326 g/mol. The number of aromatic carboxylic acids is 1. The van der Waals surface area contributed by atoms with Gasteiger partial charge in [-0.1, -0.05) is 6.07 Å². The Morgan fingerprint density at radius 2 is 2.09 bits per heavy atom. The van der Waals surface area contributed by atoms with Crippen LogP contribution in [0.4, 0.5) is 4.39 Å². The van der Waals surface area contributed by atoms with Crippen LogP contribution in [-0.4, -0.2) is 48.2 Å². The Hall–Kier alpha value is -2.26. The smallest absolute Gasteiger partial charge is 0.353 e. The minimum absolute atomic E-state index is 0.0604.